The van der Waals surface area contributed by atoms with Gasteiger partial charge in [0.1, 0.15) is 5.75 Å². The van der Waals surface area contributed by atoms with Crippen LogP contribution in [0.3, 0.4) is 0 Å². The van der Waals surface area contributed by atoms with Crippen molar-refractivity contribution in [2.75, 3.05) is 33.2 Å². The molecule has 0 saturated carbocycles. The number of carbonyl (C=O) groups excluding carboxylic acids is 2. The van der Waals surface area contributed by atoms with Crippen LogP contribution >= 0.6 is 0 Å². The molecule has 2 saturated heterocycles. The molecule has 2 aliphatic heterocycles. The van der Waals surface area contributed by atoms with Crippen LogP contribution in [0.4, 0.5) is 8.78 Å². The summed E-state index contributed by atoms with van der Waals surface area (Å²) in [6.45, 7) is -0.390. The summed E-state index contributed by atoms with van der Waals surface area (Å²) in [7, 11) is 1.84. The van der Waals surface area contributed by atoms with E-state index in [1.807, 2.05) is 11.9 Å². The smallest absolute Gasteiger partial charge is 0.387 e. The summed E-state index contributed by atoms with van der Waals surface area (Å²) in [5.41, 5.74) is 0.0996. The Balaban J connectivity index is 1.67. The number of likely N-dealkylation sites (tertiary alicyclic amines) is 1. The largest absolute Gasteiger partial charge is 0.434 e. The Bertz CT molecular complexity index is 695. The Morgan fingerprint density at radius 1 is 1.21 bits per heavy atom. The molecule has 1 aromatic rings. The highest BCUT2D eigenvalue weighted by Crippen LogP contribution is 2.26. The molecule has 1 atom stereocenters. The first-order chi connectivity index (χ1) is 13.5. The second kappa shape index (κ2) is 9.32. The molecule has 8 heteroatoms. The van der Waals surface area contributed by atoms with Crippen molar-refractivity contribution in [2.24, 2.45) is 5.92 Å². The van der Waals surface area contributed by atoms with Gasteiger partial charge in [0.2, 0.25) is 5.91 Å². The number of nitrogens with zero attached hydrogens (tertiary/aromatic N) is 2. The van der Waals surface area contributed by atoms with Crippen LogP contribution in [0.25, 0.3) is 0 Å². The van der Waals surface area contributed by atoms with Gasteiger partial charge in [-0.1, -0.05) is 12.1 Å². The maximum atomic E-state index is 13.0. The molecule has 1 N–H and O–H groups in total. The van der Waals surface area contributed by atoms with E-state index in [1.54, 1.807) is 17.0 Å². The number of carbonyl (C=O) groups is 2. The minimum atomic E-state index is -3.00. The van der Waals surface area contributed by atoms with Crippen molar-refractivity contribution >= 4 is 11.8 Å². The third kappa shape index (κ3) is 4.79. The van der Waals surface area contributed by atoms with E-state index in [4.69, 9.17) is 0 Å². The average Bonchev–Trinajstić information content (AvgIpc) is 2.73. The number of alkyl halides is 2. The molecule has 2 amide bonds. The van der Waals surface area contributed by atoms with Crippen LogP contribution in [-0.4, -0.2) is 67.5 Å². The van der Waals surface area contributed by atoms with Crippen LogP contribution in [0.15, 0.2) is 24.3 Å². The maximum absolute atomic E-state index is 13.0. The molecular formula is C20H27F2N3O3. The molecule has 0 spiro atoms. The molecule has 1 unspecified atom stereocenters. The Morgan fingerprint density at radius 2 is 1.93 bits per heavy atom. The summed E-state index contributed by atoms with van der Waals surface area (Å²) >= 11 is 0. The number of rotatable bonds is 5. The zero-order chi connectivity index (χ0) is 20.1. The fraction of sp³-hybridized carbons (Fsp3) is 0.600. The van der Waals surface area contributed by atoms with Gasteiger partial charge in [-0.25, -0.2) is 0 Å². The van der Waals surface area contributed by atoms with Crippen molar-refractivity contribution in [1.29, 1.82) is 0 Å². The second-order valence-electron chi connectivity index (χ2n) is 7.40. The lowest BCUT2D eigenvalue weighted by Crippen LogP contribution is -2.50. The van der Waals surface area contributed by atoms with Gasteiger partial charge < -0.3 is 19.9 Å². The van der Waals surface area contributed by atoms with Gasteiger partial charge in [-0.15, -0.1) is 0 Å². The van der Waals surface area contributed by atoms with E-state index in [0.717, 1.165) is 32.4 Å². The SMILES string of the molecule is CN(C(=O)C1CCCN(C(=O)c2ccccc2OC(F)F)C1)C1CCNCC1. The molecule has 3 rings (SSSR count). The fourth-order valence-electron chi connectivity index (χ4n) is 4.04. The lowest BCUT2D eigenvalue weighted by atomic mass is 9.94. The maximum Gasteiger partial charge on any atom is 0.387 e. The average molecular weight is 395 g/mol. The number of piperidine rings is 2. The molecule has 0 aromatic heterocycles. The molecule has 2 fully saturated rings. The number of halogens is 2. The lowest BCUT2D eigenvalue weighted by Gasteiger charge is -2.37. The summed E-state index contributed by atoms with van der Waals surface area (Å²) in [6.07, 6.45) is 3.29. The first kappa shape index (κ1) is 20.5. The second-order valence-corrected chi connectivity index (χ2v) is 7.40. The van der Waals surface area contributed by atoms with Crippen LogP contribution in [0.1, 0.15) is 36.0 Å². The summed E-state index contributed by atoms with van der Waals surface area (Å²) in [4.78, 5) is 29.3. The number of amides is 2. The van der Waals surface area contributed by atoms with Gasteiger partial charge >= 0.3 is 6.61 Å². The quantitative estimate of drug-likeness (QED) is 0.832. The topological polar surface area (TPSA) is 61.9 Å². The number of nitrogens with one attached hydrogen (secondary N) is 1. The number of para-hydroxylation sites is 1. The van der Waals surface area contributed by atoms with Crippen molar-refractivity contribution in [2.45, 2.75) is 38.3 Å². The first-order valence-corrected chi connectivity index (χ1v) is 9.78. The minimum absolute atomic E-state index is 0.0570. The van der Waals surface area contributed by atoms with Gasteiger partial charge in [-0.05, 0) is 50.9 Å². The Hall–Kier alpha value is -2.22. The number of hydrogen-bond donors (Lipinski definition) is 1. The molecule has 0 aliphatic carbocycles. The van der Waals surface area contributed by atoms with E-state index < -0.39 is 6.61 Å². The molecular weight excluding hydrogens is 368 g/mol. The summed E-state index contributed by atoms with van der Waals surface area (Å²) in [6, 6.07) is 6.22. The van der Waals surface area contributed by atoms with E-state index >= 15 is 0 Å². The predicted octanol–water partition coefficient (Wildman–Crippen LogP) is 2.35. The van der Waals surface area contributed by atoms with E-state index in [2.05, 4.69) is 10.1 Å². The Morgan fingerprint density at radius 3 is 2.64 bits per heavy atom. The summed E-state index contributed by atoms with van der Waals surface area (Å²) < 4.78 is 29.8. The summed E-state index contributed by atoms with van der Waals surface area (Å²) in [5, 5.41) is 3.29. The Kier molecular flexibility index (Phi) is 6.83. The van der Waals surface area contributed by atoms with E-state index in [0.29, 0.717) is 19.5 Å². The molecule has 2 heterocycles. The van der Waals surface area contributed by atoms with E-state index in [-0.39, 0.29) is 35.1 Å². The molecule has 6 nitrogen and oxygen atoms in total. The van der Waals surface area contributed by atoms with E-state index in [1.165, 1.54) is 12.1 Å². The van der Waals surface area contributed by atoms with Crippen molar-refractivity contribution < 1.29 is 23.1 Å². The monoisotopic (exact) mass is 395 g/mol. The standard InChI is InChI=1S/C20H27F2N3O3/c1-24(15-8-10-23-11-9-15)18(26)14-5-4-12-25(13-14)19(27)16-6-2-3-7-17(16)28-20(21)22/h2-3,6-7,14-15,20,23H,4-5,8-13H2,1H3. The normalized spacial score (nSPS) is 20.9. The molecule has 28 heavy (non-hydrogen) atoms. The highest BCUT2D eigenvalue weighted by atomic mass is 19.3. The van der Waals surface area contributed by atoms with Crippen molar-refractivity contribution in [1.82, 2.24) is 15.1 Å². The summed E-state index contributed by atoms with van der Waals surface area (Å²) in [5.74, 6) is -0.719. The molecule has 0 radical (unpaired) electrons. The number of ether oxygens (including phenoxy) is 1. The van der Waals surface area contributed by atoms with Crippen molar-refractivity contribution in [3.05, 3.63) is 29.8 Å². The van der Waals surface area contributed by atoms with Gasteiger partial charge in [0, 0.05) is 26.2 Å². The van der Waals surface area contributed by atoms with Crippen LogP contribution in [-0.2, 0) is 4.79 Å². The van der Waals surface area contributed by atoms with Gasteiger partial charge in [-0.3, -0.25) is 9.59 Å². The van der Waals surface area contributed by atoms with Gasteiger partial charge in [0.15, 0.2) is 0 Å². The zero-order valence-electron chi connectivity index (χ0n) is 16.1. The highest BCUT2D eigenvalue weighted by molar-refractivity contribution is 5.97. The zero-order valence-corrected chi connectivity index (χ0v) is 16.1. The van der Waals surface area contributed by atoms with Gasteiger partial charge in [-0.2, -0.15) is 8.78 Å². The van der Waals surface area contributed by atoms with Crippen molar-refractivity contribution in [3.8, 4) is 5.75 Å². The van der Waals surface area contributed by atoms with E-state index in [9.17, 15) is 18.4 Å². The highest BCUT2D eigenvalue weighted by Gasteiger charge is 2.33. The number of hydrogen-bond acceptors (Lipinski definition) is 4. The van der Waals surface area contributed by atoms with Crippen LogP contribution in [0.2, 0.25) is 0 Å². The van der Waals surface area contributed by atoms with Crippen LogP contribution in [0, 0.1) is 5.92 Å². The number of benzene rings is 1. The molecule has 1 aromatic carbocycles. The van der Waals surface area contributed by atoms with Gasteiger partial charge in [0.05, 0.1) is 11.5 Å². The van der Waals surface area contributed by atoms with Crippen LogP contribution < -0.4 is 10.1 Å². The predicted molar refractivity (Wildman–Crippen MR) is 100 cm³/mol. The molecule has 154 valence electrons. The van der Waals surface area contributed by atoms with Gasteiger partial charge in [0.25, 0.3) is 5.91 Å². The lowest BCUT2D eigenvalue weighted by molar-refractivity contribution is -0.138. The molecule has 0 bridgehead atoms. The Labute approximate surface area is 163 Å². The third-order valence-corrected chi connectivity index (χ3v) is 5.60. The van der Waals surface area contributed by atoms with Crippen LogP contribution in [0.5, 0.6) is 5.75 Å². The minimum Gasteiger partial charge on any atom is -0.434 e. The first-order valence-electron chi connectivity index (χ1n) is 9.78. The molecule has 2 aliphatic rings. The fourth-order valence-corrected chi connectivity index (χ4v) is 4.04. The van der Waals surface area contributed by atoms with Crippen molar-refractivity contribution in [3.63, 3.8) is 0 Å². The third-order valence-electron chi connectivity index (χ3n) is 5.60.